The van der Waals surface area contributed by atoms with Crippen molar-refractivity contribution >= 4 is 11.6 Å². The van der Waals surface area contributed by atoms with Crippen LogP contribution in [-0.4, -0.2) is 9.78 Å². The topological polar surface area (TPSA) is 41.6 Å². The SMILES string of the molecule is CC(C)(C)n1cc(C#N)c(Cl)n1. The molecule has 0 amide bonds. The van der Waals surface area contributed by atoms with Gasteiger partial charge in [0.05, 0.1) is 5.54 Å². The molecular formula is C8H10ClN3. The van der Waals surface area contributed by atoms with Gasteiger partial charge in [0.1, 0.15) is 11.6 Å². The van der Waals surface area contributed by atoms with E-state index >= 15 is 0 Å². The zero-order chi connectivity index (χ0) is 9.35. The molecule has 12 heavy (non-hydrogen) atoms. The first-order valence-electron chi connectivity index (χ1n) is 3.61. The molecule has 64 valence electrons. The van der Waals surface area contributed by atoms with Crippen LogP contribution < -0.4 is 0 Å². The molecule has 0 spiro atoms. The van der Waals surface area contributed by atoms with Crippen molar-refractivity contribution in [2.75, 3.05) is 0 Å². The van der Waals surface area contributed by atoms with Crippen LogP contribution in [0.4, 0.5) is 0 Å². The van der Waals surface area contributed by atoms with E-state index < -0.39 is 0 Å². The largest absolute Gasteiger partial charge is 0.265 e. The van der Waals surface area contributed by atoms with Gasteiger partial charge in [-0.15, -0.1) is 0 Å². The van der Waals surface area contributed by atoms with Gasteiger partial charge in [-0.3, -0.25) is 4.68 Å². The minimum Gasteiger partial charge on any atom is -0.265 e. The highest BCUT2D eigenvalue weighted by atomic mass is 35.5. The maximum Gasteiger partial charge on any atom is 0.168 e. The van der Waals surface area contributed by atoms with Crippen molar-refractivity contribution in [3.8, 4) is 6.07 Å². The van der Waals surface area contributed by atoms with E-state index in [-0.39, 0.29) is 10.7 Å². The van der Waals surface area contributed by atoms with Crippen molar-refractivity contribution in [3.63, 3.8) is 0 Å². The van der Waals surface area contributed by atoms with Gasteiger partial charge in [-0.25, -0.2) is 0 Å². The van der Waals surface area contributed by atoms with Crippen molar-refractivity contribution in [2.45, 2.75) is 26.3 Å². The second kappa shape index (κ2) is 2.80. The quantitative estimate of drug-likeness (QED) is 0.619. The van der Waals surface area contributed by atoms with Crippen LogP contribution in [0.25, 0.3) is 0 Å². The molecule has 0 radical (unpaired) electrons. The summed E-state index contributed by atoms with van der Waals surface area (Å²) >= 11 is 5.70. The lowest BCUT2D eigenvalue weighted by molar-refractivity contribution is 0.355. The monoisotopic (exact) mass is 183 g/mol. The summed E-state index contributed by atoms with van der Waals surface area (Å²) in [4.78, 5) is 0. The summed E-state index contributed by atoms with van der Waals surface area (Å²) in [6.45, 7) is 5.99. The second-order valence-corrected chi connectivity index (χ2v) is 3.92. The molecule has 0 aliphatic heterocycles. The third-order valence-corrected chi connectivity index (χ3v) is 1.76. The Hall–Kier alpha value is -1.01. The molecule has 0 fully saturated rings. The maximum atomic E-state index is 8.61. The lowest BCUT2D eigenvalue weighted by Crippen LogP contribution is -2.22. The summed E-state index contributed by atoms with van der Waals surface area (Å²) in [6.07, 6.45) is 1.66. The predicted octanol–water partition coefficient (Wildman–Crippen LogP) is 2.16. The molecule has 1 aromatic rings. The van der Waals surface area contributed by atoms with Crippen LogP contribution >= 0.6 is 11.6 Å². The summed E-state index contributed by atoms with van der Waals surface area (Å²) in [5.74, 6) is 0. The summed E-state index contributed by atoms with van der Waals surface area (Å²) in [7, 11) is 0. The Morgan fingerprint density at radius 1 is 1.58 bits per heavy atom. The van der Waals surface area contributed by atoms with Crippen LogP contribution in [0, 0.1) is 11.3 Å². The summed E-state index contributed by atoms with van der Waals surface area (Å²) in [5, 5.41) is 12.9. The van der Waals surface area contributed by atoms with E-state index in [1.807, 2.05) is 26.8 Å². The molecule has 0 saturated heterocycles. The molecular weight excluding hydrogens is 174 g/mol. The number of halogens is 1. The Morgan fingerprint density at radius 3 is 2.42 bits per heavy atom. The second-order valence-electron chi connectivity index (χ2n) is 3.56. The number of hydrogen-bond donors (Lipinski definition) is 0. The Morgan fingerprint density at radius 2 is 2.17 bits per heavy atom. The fourth-order valence-electron chi connectivity index (χ4n) is 0.772. The molecule has 0 aromatic carbocycles. The molecule has 1 heterocycles. The number of nitrogens with zero attached hydrogens (tertiary/aromatic N) is 3. The van der Waals surface area contributed by atoms with Gasteiger partial charge in [-0.1, -0.05) is 11.6 Å². The Balaban J connectivity index is 3.16. The van der Waals surface area contributed by atoms with Crippen LogP contribution in [0.1, 0.15) is 26.3 Å². The maximum absolute atomic E-state index is 8.61. The van der Waals surface area contributed by atoms with E-state index in [2.05, 4.69) is 5.10 Å². The molecule has 4 heteroatoms. The van der Waals surface area contributed by atoms with Crippen LogP contribution in [-0.2, 0) is 5.54 Å². The lowest BCUT2D eigenvalue weighted by atomic mass is 10.1. The van der Waals surface area contributed by atoms with Crippen molar-refractivity contribution in [3.05, 3.63) is 16.9 Å². The van der Waals surface area contributed by atoms with Crippen molar-refractivity contribution in [2.24, 2.45) is 0 Å². The average Bonchev–Trinajstić information content (AvgIpc) is 2.29. The standard InChI is InChI=1S/C8H10ClN3/c1-8(2,3)12-5-6(4-10)7(9)11-12/h5H,1-3H3. The Kier molecular flexibility index (Phi) is 2.12. The molecule has 0 saturated carbocycles. The minimum absolute atomic E-state index is 0.126. The molecule has 0 bridgehead atoms. The third kappa shape index (κ3) is 1.59. The third-order valence-electron chi connectivity index (χ3n) is 1.48. The normalized spacial score (nSPS) is 11.2. The van der Waals surface area contributed by atoms with E-state index in [1.165, 1.54) is 0 Å². The predicted molar refractivity (Wildman–Crippen MR) is 46.9 cm³/mol. The zero-order valence-electron chi connectivity index (χ0n) is 7.30. The molecule has 3 nitrogen and oxygen atoms in total. The van der Waals surface area contributed by atoms with Crippen molar-refractivity contribution < 1.29 is 0 Å². The number of rotatable bonds is 0. The van der Waals surface area contributed by atoms with Crippen LogP contribution in [0.2, 0.25) is 5.15 Å². The van der Waals surface area contributed by atoms with E-state index in [1.54, 1.807) is 10.9 Å². The van der Waals surface area contributed by atoms with E-state index in [4.69, 9.17) is 16.9 Å². The van der Waals surface area contributed by atoms with Crippen LogP contribution in [0.15, 0.2) is 6.20 Å². The van der Waals surface area contributed by atoms with Crippen molar-refractivity contribution in [1.82, 2.24) is 9.78 Å². The van der Waals surface area contributed by atoms with E-state index in [0.717, 1.165) is 0 Å². The highest BCUT2D eigenvalue weighted by Gasteiger charge is 2.16. The highest BCUT2D eigenvalue weighted by molar-refractivity contribution is 6.30. The molecule has 0 atom stereocenters. The summed E-state index contributed by atoms with van der Waals surface area (Å²) in [6, 6.07) is 1.97. The first-order valence-corrected chi connectivity index (χ1v) is 3.98. The van der Waals surface area contributed by atoms with Gasteiger partial charge in [0.15, 0.2) is 5.15 Å². The van der Waals surface area contributed by atoms with Gasteiger partial charge in [-0.2, -0.15) is 10.4 Å². The van der Waals surface area contributed by atoms with Crippen LogP contribution in [0.3, 0.4) is 0 Å². The highest BCUT2D eigenvalue weighted by Crippen LogP contribution is 2.18. The molecule has 0 aliphatic carbocycles. The fraction of sp³-hybridized carbons (Fsp3) is 0.500. The zero-order valence-corrected chi connectivity index (χ0v) is 8.05. The van der Waals surface area contributed by atoms with E-state index in [0.29, 0.717) is 5.56 Å². The average molecular weight is 184 g/mol. The van der Waals surface area contributed by atoms with Gasteiger partial charge < -0.3 is 0 Å². The molecule has 0 aliphatic rings. The lowest BCUT2D eigenvalue weighted by Gasteiger charge is -2.18. The van der Waals surface area contributed by atoms with E-state index in [9.17, 15) is 0 Å². The van der Waals surface area contributed by atoms with Gasteiger partial charge in [0.25, 0.3) is 0 Å². The Labute approximate surface area is 76.6 Å². The minimum atomic E-state index is -0.126. The van der Waals surface area contributed by atoms with Gasteiger partial charge >= 0.3 is 0 Å². The van der Waals surface area contributed by atoms with Crippen LogP contribution in [0.5, 0.6) is 0 Å². The Bertz CT molecular complexity index is 327. The molecule has 0 unspecified atom stereocenters. The number of hydrogen-bond acceptors (Lipinski definition) is 2. The molecule has 1 rings (SSSR count). The summed E-state index contributed by atoms with van der Waals surface area (Å²) in [5.41, 5.74) is 0.297. The van der Waals surface area contributed by atoms with Gasteiger partial charge in [0.2, 0.25) is 0 Å². The smallest absolute Gasteiger partial charge is 0.168 e. The van der Waals surface area contributed by atoms with Gasteiger partial charge in [0, 0.05) is 6.20 Å². The van der Waals surface area contributed by atoms with Gasteiger partial charge in [-0.05, 0) is 20.8 Å². The van der Waals surface area contributed by atoms with Crippen molar-refractivity contribution in [1.29, 1.82) is 5.26 Å². The summed E-state index contributed by atoms with van der Waals surface area (Å²) < 4.78 is 1.69. The first kappa shape index (κ1) is 9.08. The number of nitriles is 1. The first-order chi connectivity index (χ1) is 5.45. The number of aromatic nitrogens is 2. The molecule has 0 N–H and O–H groups in total. The fourth-order valence-corrected chi connectivity index (χ4v) is 0.944. The molecule has 1 aromatic heterocycles.